The van der Waals surface area contributed by atoms with Crippen molar-refractivity contribution in [2.75, 3.05) is 62.0 Å². The van der Waals surface area contributed by atoms with Crippen LogP contribution in [0, 0.1) is 0 Å². The molecule has 2 aliphatic rings. The fraction of sp³-hybridized carbons (Fsp3) is 0.387. The van der Waals surface area contributed by atoms with Crippen LogP contribution in [-0.2, 0) is 17.5 Å². The minimum Gasteiger partial charge on any atom is -0.473 e. The molecule has 0 spiro atoms. The average molecular weight is 644 g/mol. The first kappa shape index (κ1) is 30.9. The minimum absolute atomic E-state index is 0.0610. The molecule has 1 amide bonds. The van der Waals surface area contributed by atoms with E-state index in [1.807, 2.05) is 18.2 Å². The second kappa shape index (κ2) is 13.1. The number of alkyl halides is 3. The van der Waals surface area contributed by atoms with Crippen LogP contribution in [0.25, 0.3) is 11.0 Å². The number of aromatic amines is 1. The van der Waals surface area contributed by atoms with Crippen molar-refractivity contribution in [2.24, 2.45) is 0 Å². The number of nitrogens with one attached hydrogen (secondary N) is 3. The number of pyridine rings is 1. The fourth-order valence-electron chi connectivity index (χ4n) is 5.51. The molecule has 14 heteroatoms. The van der Waals surface area contributed by atoms with Crippen molar-refractivity contribution in [3.8, 4) is 5.88 Å². The van der Waals surface area contributed by atoms with Gasteiger partial charge in [-0.15, -0.1) is 0 Å². The molecule has 0 atom stereocenters. The van der Waals surface area contributed by atoms with Gasteiger partial charge < -0.3 is 29.9 Å². The number of halogens is 4. The number of carbonyl (C=O) groups excluding carboxylic acids is 1. The Kier molecular flexibility index (Phi) is 9.02. The second-order valence-electron chi connectivity index (χ2n) is 11.2. The van der Waals surface area contributed by atoms with Gasteiger partial charge in [0.05, 0.1) is 16.6 Å². The number of anilines is 3. The van der Waals surface area contributed by atoms with E-state index >= 15 is 0 Å². The van der Waals surface area contributed by atoms with Crippen LogP contribution < -0.4 is 20.3 Å². The molecule has 3 N–H and O–H groups in total. The molecule has 0 saturated carbocycles. The van der Waals surface area contributed by atoms with Gasteiger partial charge in [0.2, 0.25) is 5.88 Å². The maximum absolute atomic E-state index is 13.7. The number of hydrogen-bond donors (Lipinski definition) is 3. The molecule has 2 saturated heterocycles. The van der Waals surface area contributed by atoms with Crippen molar-refractivity contribution in [2.45, 2.75) is 31.7 Å². The Labute approximate surface area is 262 Å². The number of amides is 1. The minimum atomic E-state index is -4.57. The van der Waals surface area contributed by atoms with E-state index in [0.29, 0.717) is 29.8 Å². The molecule has 10 nitrogen and oxygen atoms in total. The Balaban J connectivity index is 1.22. The fourth-order valence-corrected chi connectivity index (χ4v) is 5.70. The van der Waals surface area contributed by atoms with Crippen LogP contribution in [0.5, 0.6) is 5.88 Å². The summed E-state index contributed by atoms with van der Waals surface area (Å²) in [7, 11) is 2.11. The van der Waals surface area contributed by atoms with Gasteiger partial charge in [-0.3, -0.25) is 9.89 Å². The molecule has 2 aromatic carbocycles. The Bertz CT molecular complexity index is 1670. The lowest BCUT2D eigenvalue weighted by atomic mass is 10.1. The Morgan fingerprint density at radius 3 is 2.62 bits per heavy atom. The summed E-state index contributed by atoms with van der Waals surface area (Å²) in [5, 5.41) is 13.6. The van der Waals surface area contributed by atoms with Crippen molar-refractivity contribution >= 4 is 45.7 Å². The van der Waals surface area contributed by atoms with E-state index in [2.05, 4.69) is 42.7 Å². The number of benzene rings is 2. The molecule has 2 fully saturated rings. The van der Waals surface area contributed by atoms with Gasteiger partial charge in [-0.2, -0.15) is 18.3 Å². The summed E-state index contributed by atoms with van der Waals surface area (Å²) in [5.74, 6) is -0.157. The average Bonchev–Trinajstić information content (AvgIpc) is 3.42. The first-order valence-electron chi connectivity index (χ1n) is 14.7. The molecule has 2 aliphatic heterocycles. The third-order valence-corrected chi connectivity index (χ3v) is 8.29. The molecule has 0 radical (unpaired) electrons. The Morgan fingerprint density at radius 1 is 1.09 bits per heavy atom. The monoisotopic (exact) mass is 643 g/mol. The van der Waals surface area contributed by atoms with E-state index in [9.17, 15) is 18.0 Å². The molecule has 45 heavy (non-hydrogen) atoms. The number of aromatic nitrogens is 3. The summed E-state index contributed by atoms with van der Waals surface area (Å²) < 4.78 is 51.6. The third kappa shape index (κ3) is 7.26. The zero-order chi connectivity index (χ0) is 31.6. The second-order valence-corrected chi connectivity index (χ2v) is 11.6. The summed E-state index contributed by atoms with van der Waals surface area (Å²) >= 11 is 5.95. The van der Waals surface area contributed by atoms with Gasteiger partial charge in [0.15, 0.2) is 5.82 Å². The zero-order valence-electron chi connectivity index (χ0n) is 24.6. The molecule has 2 aromatic heterocycles. The number of likely N-dealkylation sites (N-methyl/N-ethyl adjacent to an activating group) is 1. The number of nitrogens with zero attached hydrogens (tertiary/aromatic N) is 4. The predicted octanol–water partition coefficient (Wildman–Crippen LogP) is 5.80. The molecule has 6 rings (SSSR count). The molecule has 0 bridgehead atoms. The highest BCUT2D eigenvalue weighted by Crippen LogP contribution is 2.34. The van der Waals surface area contributed by atoms with Crippen LogP contribution in [0.1, 0.15) is 34.3 Å². The van der Waals surface area contributed by atoms with Gasteiger partial charge in [-0.05, 0) is 62.4 Å². The quantitative estimate of drug-likeness (QED) is 0.221. The van der Waals surface area contributed by atoms with Gasteiger partial charge in [0.1, 0.15) is 12.1 Å². The zero-order valence-corrected chi connectivity index (χ0v) is 25.3. The largest absolute Gasteiger partial charge is 0.473 e. The highest BCUT2D eigenvalue weighted by molar-refractivity contribution is 6.30. The van der Waals surface area contributed by atoms with Crippen LogP contribution in [0.15, 0.2) is 48.5 Å². The van der Waals surface area contributed by atoms with Crippen molar-refractivity contribution in [3.63, 3.8) is 0 Å². The van der Waals surface area contributed by atoms with Crippen molar-refractivity contribution in [1.29, 1.82) is 0 Å². The van der Waals surface area contributed by atoms with Crippen LogP contribution >= 0.6 is 11.6 Å². The van der Waals surface area contributed by atoms with E-state index in [-0.39, 0.29) is 34.2 Å². The molecular weight excluding hydrogens is 611 g/mol. The summed E-state index contributed by atoms with van der Waals surface area (Å²) in [6.07, 6.45) is -2.91. The summed E-state index contributed by atoms with van der Waals surface area (Å²) in [6.45, 7) is 4.60. The molecule has 0 aliphatic carbocycles. The number of fused-ring (bicyclic) bond motifs is 1. The lowest BCUT2D eigenvalue weighted by Crippen LogP contribution is -2.44. The standard InChI is InChI=1S/C31H33ClF3N7O3/c1-41-10-12-42(13-11-41)22-3-4-23(26(17-22)36-21-8-14-44-15-9-21)30(43)38-29-28-25(39-40-29)6-7-27(37-28)45-18-19-16-20(32)2-5-24(19)31(33,34)35/h2-7,16-17,21,36H,8-15,18H2,1H3,(H2,38,39,40,43). The number of H-pyrrole nitrogens is 1. The van der Waals surface area contributed by atoms with Crippen LogP contribution in [0.3, 0.4) is 0 Å². The Morgan fingerprint density at radius 2 is 1.87 bits per heavy atom. The first-order chi connectivity index (χ1) is 21.6. The highest BCUT2D eigenvalue weighted by Gasteiger charge is 2.33. The normalized spacial score (nSPS) is 16.6. The van der Waals surface area contributed by atoms with Gasteiger partial charge in [-0.25, -0.2) is 4.98 Å². The van der Waals surface area contributed by atoms with E-state index in [1.165, 1.54) is 18.2 Å². The SMILES string of the molecule is CN1CCN(c2ccc(C(=O)Nc3n[nH]c4ccc(OCc5cc(Cl)ccc5C(F)(F)F)nc34)c(NC3CCOCC3)c2)CC1. The molecule has 4 aromatic rings. The van der Waals surface area contributed by atoms with Crippen LogP contribution in [0.2, 0.25) is 5.02 Å². The topological polar surface area (TPSA) is 108 Å². The molecular formula is C31H33ClF3N7O3. The Hall–Kier alpha value is -4.07. The highest BCUT2D eigenvalue weighted by atomic mass is 35.5. The van der Waals surface area contributed by atoms with Crippen molar-refractivity contribution < 1.29 is 27.4 Å². The van der Waals surface area contributed by atoms with Gasteiger partial charge in [0.25, 0.3) is 5.91 Å². The van der Waals surface area contributed by atoms with E-state index < -0.39 is 18.3 Å². The third-order valence-electron chi connectivity index (χ3n) is 8.06. The number of hydrogen-bond acceptors (Lipinski definition) is 8. The smallest absolute Gasteiger partial charge is 0.416 e. The maximum atomic E-state index is 13.7. The van der Waals surface area contributed by atoms with Gasteiger partial charge in [-0.1, -0.05) is 11.6 Å². The van der Waals surface area contributed by atoms with Gasteiger partial charge in [0, 0.05) is 73.5 Å². The lowest BCUT2D eigenvalue weighted by Gasteiger charge is -2.34. The van der Waals surface area contributed by atoms with Gasteiger partial charge >= 0.3 is 6.18 Å². The number of ether oxygens (including phenoxy) is 2. The molecule has 0 unspecified atom stereocenters. The number of carbonyl (C=O) groups is 1. The van der Waals surface area contributed by atoms with Crippen molar-refractivity contribution in [3.05, 3.63) is 70.2 Å². The van der Waals surface area contributed by atoms with E-state index in [1.54, 1.807) is 6.07 Å². The first-order valence-corrected chi connectivity index (χ1v) is 15.1. The van der Waals surface area contributed by atoms with E-state index in [4.69, 9.17) is 21.1 Å². The van der Waals surface area contributed by atoms with Crippen LogP contribution in [-0.4, -0.2) is 78.5 Å². The summed E-state index contributed by atoms with van der Waals surface area (Å²) in [5.41, 5.74) is 2.06. The number of rotatable bonds is 8. The summed E-state index contributed by atoms with van der Waals surface area (Å²) in [6, 6.07) is 12.4. The molecule has 4 heterocycles. The van der Waals surface area contributed by atoms with Crippen LogP contribution in [0.4, 0.5) is 30.4 Å². The molecule has 238 valence electrons. The maximum Gasteiger partial charge on any atom is 0.416 e. The number of piperazine rings is 1. The van der Waals surface area contributed by atoms with E-state index in [0.717, 1.165) is 56.5 Å². The lowest BCUT2D eigenvalue weighted by molar-refractivity contribution is -0.138. The van der Waals surface area contributed by atoms with Crippen molar-refractivity contribution in [1.82, 2.24) is 20.1 Å². The predicted molar refractivity (Wildman–Crippen MR) is 166 cm³/mol. The summed E-state index contributed by atoms with van der Waals surface area (Å²) in [4.78, 5) is 22.7.